The molecule has 1 aromatic carbocycles. The van der Waals surface area contributed by atoms with Gasteiger partial charge in [-0.2, -0.15) is 0 Å². The van der Waals surface area contributed by atoms with E-state index in [9.17, 15) is 0 Å². The molecule has 0 radical (unpaired) electrons. The fourth-order valence-electron chi connectivity index (χ4n) is 2.11. The van der Waals surface area contributed by atoms with Gasteiger partial charge in [0.05, 0.1) is 0 Å². The van der Waals surface area contributed by atoms with Gasteiger partial charge < -0.3 is 20.1 Å². The molecule has 0 spiro atoms. The Morgan fingerprint density at radius 2 is 2.11 bits per heavy atom. The molecular formula is C14H22N2O2. The third-order valence-electron chi connectivity index (χ3n) is 3.24. The summed E-state index contributed by atoms with van der Waals surface area (Å²) in [5.41, 5.74) is 6.92. The number of rotatable bonds is 6. The fraction of sp³-hybridized carbons (Fsp3) is 0.571. The Hall–Kier alpha value is -1.26. The normalized spacial score (nSPS) is 15.1. The minimum atomic E-state index is 0.340. The largest absolute Gasteiger partial charge is 0.454 e. The summed E-state index contributed by atoms with van der Waals surface area (Å²) in [4.78, 5) is 2.32. The van der Waals surface area contributed by atoms with Crippen molar-refractivity contribution in [1.82, 2.24) is 4.90 Å². The maximum atomic E-state index is 5.63. The number of likely N-dealkylation sites (N-methyl/N-ethyl adjacent to an activating group) is 1. The summed E-state index contributed by atoms with van der Waals surface area (Å²) in [6.45, 7) is 5.34. The number of hydrogen-bond donors (Lipinski definition) is 1. The Morgan fingerprint density at radius 1 is 1.33 bits per heavy atom. The van der Waals surface area contributed by atoms with E-state index in [0.717, 1.165) is 37.6 Å². The van der Waals surface area contributed by atoms with Gasteiger partial charge in [0.2, 0.25) is 6.79 Å². The van der Waals surface area contributed by atoms with Crippen LogP contribution in [-0.4, -0.2) is 38.4 Å². The fourth-order valence-corrected chi connectivity index (χ4v) is 2.11. The standard InChI is InChI=1S/C14H22N2O2/c1-11(8-15)9-16(2)6-5-12-3-4-13-14(7-12)18-10-17-13/h3-4,7,11H,5-6,8-10,15H2,1-2H3. The molecule has 18 heavy (non-hydrogen) atoms. The quantitative estimate of drug-likeness (QED) is 0.831. The highest BCUT2D eigenvalue weighted by molar-refractivity contribution is 5.44. The van der Waals surface area contributed by atoms with E-state index in [1.165, 1.54) is 5.56 Å². The maximum Gasteiger partial charge on any atom is 0.231 e. The van der Waals surface area contributed by atoms with Gasteiger partial charge in [-0.1, -0.05) is 13.0 Å². The summed E-state index contributed by atoms with van der Waals surface area (Å²) < 4.78 is 10.7. The van der Waals surface area contributed by atoms with Crippen LogP contribution in [0.4, 0.5) is 0 Å². The van der Waals surface area contributed by atoms with E-state index in [1.54, 1.807) is 0 Å². The zero-order valence-corrected chi connectivity index (χ0v) is 11.2. The van der Waals surface area contributed by atoms with Crippen molar-refractivity contribution in [2.24, 2.45) is 11.7 Å². The first-order valence-electron chi connectivity index (χ1n) is 6.46. The number of benzene rings is 1. The first-order valence-corrected chi connectivity index (χ1v) is 6.46. The second kappa shape index (κ2) is 6.07. The molecule has 2 N–H and O–H groups in total. The predicted octanol–water partition coefficient (Wildman–Crippen LogP) is 1.48. The summed E-state index contributed by atoms with van der Waals surface area (Å²) in [6.07, 6.45) is 1.02. The molecule has 1 heterocycles. The van der Waals surface area contributed by atoms with E-state index in [2.05, 4.69) is 31.0 Å². The summed E-state index contributed by atoms with van der Waals surface area (Å²) >= 11 is 0. The van der Waals surface area contributed by atoms with Crippen molar-refractivity contribution in [2.75, 3.05) is 33.5 Å². The SMILES string of the molecule is CC(CN)CN(C)CCc1ccc2c(c1)OCO2. The van der Waals surface area contributed by atoms with Crippen LogP contribution in [0, 0.1) is 5.92 Å². The number of nitrogens with zero attached hydrogens (tertiary/aromatic N) is 1. The van der Waals surface area contributed by atoms with Crippen LogP contribution in [0.2, 0.25) is 0 Å². The van der Waals surface area contributed by atoms with Crippen molar-refractivity contribution >= 4 is 0 Å². The molecule has 1 atom stereocenters. The van der Waals surface area contributed by atoms with Gasteiger partial charge in [0, 0.05) is 13.1 Å². The van der Waals surface area contributed by atoms with Gasteiger partial charge in [-0.3, -0.25) is 0 Å². The van der Waals surface area contributed by atoms with Crippen LogP contribution in [0.3, 0.4) is 0 Å². The minimum absolute atomic E-state index is 0.340. The Kier molecular flexibility index (Phi) is 4.44. The zero-order chi connectivity index (χ0) is 13.0. The number of hydrogen-bond acceptors (Lipinski definition) is 4. The Balaban J connectivity index is 1.83. The number of fused-ring (bicyclic) bond motifs is 1. The topological polar surface area (TPSA) is 47.7 Å². The van der Waals surface area contributed by atoms with Crippen molar-refractivity contribution < 1.29 is 9.47 Å². The van der Waals surface area contributed by atoms with Gasteiger partial charge in [0.25, 0.3) is 0 Å². The Labute approximate surface area is 109 Å². The van der Waals surface area contributed by atoms with Gasteiger partial charge in [-0.05, 0) is 43.6 Å². The lowest BCUT2D eigenvalue weighted by Gasteiger charge is -2.20. The van der Waals surface area contributed by atoms with Crippen LogP contribution in [-0.2, 0) is 6.42 Å². The minimum Gasteiger partial charge on any atom is -0.454 e. The van der Waals surface area contributed by atoms with Crippen LogP contribution in [0.1, 0.15) is 12.5 Å². The molecule has 1 aliphatic rings. The van der Waals surface area contributed by atoms with Crippen molar-refractivity contribution in [3.05, 3.63) is 23.8 Å². The third kappa shape index (κ3) is 3.37. The van der Waals surface area contributed by atoms with Crippen LogP contribution in [0.15, 0.2) is 18.2 Å². The van der Waals surface area contributed by atoms with Gasteiger partial charge in [0.1, 0.15) is 0 Å². The summed E-state index contributed by atoms with van der Waals surface area (Å²) in [6, 6.07) is 6.16. The lowest BCUT2D eigenvalue weighted by Crippen LogP contribution is -2.29. The average molecular weight is 250 g/mol. The lowest BCUT2D eigenvalue weighted by molar-refractivity contribution is 0.174. The molecule has 0 saturated carbocycles. The molecule has 0 aromatic heterocycles. The molecule has 0 saturated heterocycles. The molecule has 0 aliphatic carbocycles. The Morgan fingerprint density at radius 3 is 2.89 bits per heavy atom. The van der Waals surface area contributed by atoms with Crippen molar-refractivity contribution in [3.8, 4) is 11.5 Å². The van der Waals surface area contributed by atoms with Crippen LogP contribution < -0.4 is 15.2 Å². The van der Waals surface area contributed by atoms with Crippen LogP contribution >= 0.6 is 0 Å². The monoisotopic (exact) mass is 250 g/mol. The Bertz CT molecular complexity index is 395. The average Bonchev–Trinajstić information content (AvgIpc) is 2.83. The summed E-state index contributed by atoms with van der Waals surface area (Å²) in [5.74, 6) is 2.26. The van der Waals surface area contributed by atoms with E-state index in [0.29, 0.717) is 12.7 Å². The predicted molar refractivity (Wildman–Crippen MR) is 72.0 cm³/mol. The molecule has 4 nitrogen and oxygen atoms in total. The number of ether oxygens (including phenoxy) is 2. The van der Waals surface area contributed by atoms with Crippen LogP contribution in [0.5, 0.6) is 11.5 Å². The maximum absolute atomic E-state index is 5.63. The van der Waals surface area contributed by atoms with Crippen molar-refractivity contribution in [3.63, 3.8) is 0 Å². The highest BCUT2D eigenvalue weighted by Crippen LogP contribution is 2.32. The van der Waals surface area contributed by atoms with Gasteiger partial charge >= 0.3 is 0 Å². The second-order valence-corrected chi connectivity index (χ2v) is 5.04. The first kappa shape index (κ1) is 13.2. The van der Waals surface area contributed by atoms with Crippen LogP contribution in [0.25, 0.3) is 0 Å². The van der Waals surface area contributed by atoms with E-state index in [4.69, 9.17) is 15.2 Å². The third-order valence-corrected chi connectivity index (χ3v) is 3.24. The molecule has 1 aliphatic heterocycles. The summed E-state index contributed by atoms with van der Waals surface area (Å²) in [5, 5.41) is 0. The second-order valence-electron chi connectivity index (χ2n) is 5.04. The van der Waals surface area contributed by atoms with Gasteiger partial charge in [-0.25, -0.2) is 0 Å². The molecule has 4 heteroatoms. The molecule has 0 amide bonds. The van der Waals surface area contributed by atoms with E-state index >= 15 is 0 Å². The highest BCUT2D eigenvalue weighted by atomic mass is 16.7. The van der Waals surface area contributed by atoms with Gasteiger partial charge in [0.15, 0.2) is 11.5 Å². The zero-order valence-electron chi connectivity index (χ0n) is 11.2. The van der Waals surface area contributed by atoms with Crippen molar-refractivity contribution in [2.45, 2.75) is 13.3 Å². The molecular weight excluding hydrogens is 228 g/mol. The molecule has 1 unspecified atom stereocenters. The molecule has 1 aromatic rings. The van der Waals surface area contributed by atoms with Gasteiger partial charge in [-0.15, -0.1) is 0 Å². The first-order chi connectivity index (χ1) is 8.69. The van der Waals surface area contributed by atoms with E-state index in [1.807, 2.05) is 6.07 Å². The number of nitrogens with two attached hydrogens (primary N) is 1. The molecule has 100 valence electrons. The summed E-state index contributed by atoms with van der Waals surface area (Å²) in [7, 11) is 2.14. The smallest absolute Gasteiger partial charge is 0.231 e. The molecule has 0 fully saturated rings. The van der Waals surface area contributed by atoms with E-state index in [-0.39, 0.29) is 0 Å². The lowest BCUT2D eigenvalue weighted by atomic mass is 10.1. The van der Waals surface area contributed by atoms with E-state index < -0.39 is 0 Å². The van der Waals surface area contributed by atoms with Crippen molar-refractivity contribution in [1.29, 1.82) is 0 Å². The molecule has 0 bridgehead atoms. The molecule has 2 rings (SSSR count). The highest BCUT2D eigenvalue weighted by Gasteiger charge is 2.13.